The van der Waals surface area contributed by atoms with Crippen molar-refractivity contribution in [2.75, 3.05) is 11.9 Å². The van der Waals surface area contributed by atoms with Crippen LogP contribution >= 0.6 is 0 Å². The van der Waals surface area contributed by atoms with Crippen LogP contribution in [0.15, 0.2) is 24.7 Å². The van der Waals surface area contributed by atoms with E-state index in [0.29, 0.717) is 11.4 Å². The summed E-state index contributed by atoms with van der Waals surface area (Å²) in [7, 11) is 0. The topological polar surface area (TPSA) is 92.1 Å². The van der Waals surface area contributed by atoms with Crippen molar-refractivity contribution < 1.29 is 23.1 Å². The van der Waals surface area contributed by atoms with Gasteiger partial charge in [0.2, 0.25) is 0 Å². The number of anilines is 2. The van der Waals surface area contributed by atoms with Gasteiger partial charge in [-0.2, -0.15) is 0 Å². The Morgan fingerprint density at radius 3 is 2.56 bits per heavy atom. The molecule has 3 N–H and O–H groups in total. The van der Waals surface area contributed by atoms with Crippen LogP contribution in [0.3, 0.4) is 0 Å². The summed E-state index contributed by atoms with van der Waals surface area (Å²) in [5, 5.41) is 19.6. The van der Waals surface area contributed by atoms with Crippen LogP contribution in [0, 0.1) is 0 Å². The van der Waals surface area contributed by atoms with Crippen LogP contribution in [0.5, 0.6) is 0 Å². The van der Waals surface area contributed by atoms with E-state index in [1.54, 1.807) is 6.20 Å². The molecule has 2 heterocycles. The van der Waals surface area contributed by atoms with E-state index in [0.717, 1.165) is 3.71 Å². The minimum atomic E-state index is -2.65. The minimum absolute atomic E-state index is 0.218. The Bertz CT molecular complexity index is 977. The van der Waals surface area contributed by atoms with E-state index >= 15 is 0 Å². The second-order valence-corrected chi connectivity index (χ2v) is 24.3. The normalized spacial score (nSPS) is 17.5. The van der Waals surface area contributed by atoms with Gasteiger partial charge in [0.15, 0.2) is 0 Å². The number of halogens is 3. The van der Waals surface area contributed by atoms with Gasteiger partial charge in [0, 0.05) is 0 Å². The number of carbonyl (C=O) groups excluding carboxylic acids is 1. The van der Waals surface area contributed by atoms with Crippen molar-refractivity contribution in [3.05, 3.63) is 30.2 Å². The van der Waals surface area contributed by atoms with Crippen molar-refractivity contribution in [3.8, 4) is 0 Å². The summed E-state index contributed by atoms with van der Waals surface area (Å²) >= 11 is -2.58. The number of hydrogen-bond donors (Lipinski definition) is 3. The number of carbonyl (C=O) groups is 1. The molecule has 1 aliphatic carbocycles. The van der Waals surface area contributed by atoms with Crippen LogP contribution in [0.4, 0.5) is 24.5 Å². The van der Waals surface area contributed by atoms with Crippen molar-refractivity contribution in [1.29, 1.82) is 0 Å². The second-order valence-electron chi connectivity index (χ2n) is 9.95. The Morgan fingerprint density at radius 2 is 2.00 bits per heavy atom. The first-order valence-corrected chi connectivity index (χ1v) is 20.5. The number of hydrogen-bond acceptors (Lipinski definition) is 5. The maximum absolute atomic E-state index is 14.1. The molecule has 2 aromatic rings. The third-order valence-corrected chi connectivity index (χ3v) is 10.6. The molecule has 1 fully saturated rings. The number of rotatable bonds is 8. The fraction of sp³-hybridized carbons (Fsp3) is 0.571. The molecule has 0 bridgehead atoms. The summed E-state index contributed by atoms with van der Waals surface area (Å²) in [5.74, 6) is -3.18. The summed E-state index contributed by atoms with van der Waals surface area (Å²) < 4.78 is 42.9. The average Bonchev–Trinajstić information content (AvgIpc) is 3.10. The molecule has 176 valence electrons. The van der Waals surface area contributed by atoms with E-state index in [1.807, 2.05) is 6.07 Å². The molecule has 0 radical (unpaired) electrons. The number of aliphatic hydroxyl groups is 1. The molecule has 0 unspecified atom stereocenters. The molecule has 0 aromatic carbocycles. The SMILES string of the molecule is CC(C)(O)[C@H](F)CNC(=O)c1cn[c]([Sn]([CH3])([CH3])[CH3])cc1Nc1cnn(C2CC(F)(F)C2)c1. The van der Waals surface area contributed by atoms with Crippen molar-refractivity contribution in [2.45, 2.75) is 65.2 Å². The van der Waals surface area contributed by atoms with Gasteiger partial charge in [0.25, 0.3) is 0 Å². The molecular formula is C21H30F3N5O2Sn. The molecule has 2 aromatic heterocycles. The zero-order valence-corrected chi connectivity index (χ0v) is 21.8. The number of pyridine rings is 1. The number of nitrogens with one attached hydrogen (secondary N) is 2. The predicted molar refractivity (Wildman–Crippen MR) is 119 cm³/mol. The molecule has 1 amide bonds. The molecule has 7 nitrogen and oxygen atoms in total. The van der Waals surface area contributed by atoms with Gasteiger partial charge in [-0.15, -0.1) is 0 Å². The maximum atomic E-state index is 14.1. The van der Waals surface area contributed by atoms with Crippen LogP contribution in [-0.4, -0.2) is 68.4 Å². The third-order valence-electron chi connectivity index (χ3n) is 5.45. The number of amides is 1. The molecule has 0 spiro atoms. The second kappa shape index (κ2) is 8.85. The van der Waals surface area contributed by atoms with Gasteiger partial charge in [0.1, 0.15) is 0 Å². The Balaban J connectivity index is 1.81. The van der Waals surface area contributed by atoms with Gasteiger partial charge in [-0.25, -0.2) is 0 Å². The fourth-order valence-corrected chi connectivity index (χ4v) is 6.19. The van der Waals surface area contributed by atoms with E-state index in [2.05, 4.69) is 35.5 Å². The monoisotopic (exact) mass is 561 g/mol. The van der Waals surface area contributed by atoms with Crippen LogP contribution in [0.1, 0.15) is 43.1 Å². The standard InChI is InChI=1S/C18H21F3N5O2.3CH3.Sn/c1-17(2,28)15(19)9-23-16(27)13-8-22-4-3-14(13)25-11-7-24-26(10-11)12-5-18(20,21)6-12;;;;/h3,7-8,10,12,15,28H,5-6,9H2,1-2H3,(H,22,25)(H,23,27);3*1H3;/t15-;;;;/m1..../s1. The van der Waals surface area contributed by atoms with Crippen molar-refractivity contribution in [1.82, 2.24) is 20.1 Å². The van der Waals surface area contributed by atoms with Gasteiger partial charge in [-0.05, 0) is 0 Å². The van der Waals surface area contributed by atoms with E-state index in [1.165, 1.54) is 30.9 Å². The van der Waals surface area contributed by atoms with E-state index in [9.17, 15) is 23.1 Å². The summed E-state index contributed by atoms with van der Waals surface area (Å²) in [6.45, 7) is 2.31. The third kappa shape index (κ3) is 5.94. The summed E-state index contributed by atoms with van der Waals surface area (Å²) in [4.78, 5) is 23.8. The fourth-order valence-electron chi connectivity index (χ4n) is 3.25. The molecular weight excluding hydrogens is 530 g/mol. The van der Waals surface area contributed by atoms with E-state index < -0.39 is 42.0 Å². The van der Waals surface area contributed by atoms with Crippen LogP contribution < -0.4 is 14.3 Å². The Kier molecular flexibility index (Phi) is 6.86. The zero-order chi connectivity index (χ0) is 23.9. The van der Waals surface area contributed by atoms with E-state index in [-0.39, 0.29) is 31.0 Å². The molecule has 11 heteroatoms. The Morgan fingerprint density at radius 1 is 1.34 bits per heavy atom. The molecule has 3 rings (SSSR count). The first-order valence-electron chi connectivity index (χ1n) is 10.5. The first kappa shape index (κ1) is 24.8. The summed E-state index contributed by atoms with van der Waals surface area (Å²) in [6.07, 6.45) is 2.48. The van der Waals surface area contributed by atoms with Gasteiger partial charge < -0.3 is 0 Å². The number of nitrogens with zero attached hydrogens (tertiary/aromatic N) is 3. The van der Waals surface area contributed by atoms with Crippen LogP contribution in [-0.2, 0) is 0 Å². The van der Waals surface area contributed by atoms with Crippen LogP contribution in [0.25, 0.3) is 0 Å². The number of alkyl halides is 3. The summed E-state index contributed by atoms with van der Waals surface area (Å²) in [6, 6.07) is 1.47. The van der Waals surface area contributed by atoms with Crippen molar-refractivity contribution in [3.63, 3.8) is 0 Å². The molecule has 1 aliphatic rings. The zero-order valence-electron chi connectivity index (χ0n) is 18.9. The van der Waals surface area contributed by atoms with Crippen molar-refractivity contribution >= 4 is 39.4 Å². The van der Waals surface area contributed by atoms with Gasteiger partial charge >= 0.3 is 190 Å². The van der Waals surface area contributed by atoms with Crippen molar-refractivity contribution in [2.24, 2.45) is 0 Å². The average molecular weight is 560 g/mol. The molecule has 32 heavy (non-hydrogen) atoms. The Labute approximate surface area is 189 Å². The van der Waals surface area contributed by atoms with E-state index in [4.69, 9.17) is 0 Å². The first-order chi connectivity index (χ1) is 14.7. The van der Waals surface area contributed by atoms with Gasteiger partial charge in [0.05, 0.1) is 0 Å². The quantitative estimate of drug-likeness (QED) is 0.431. The van der Waals surface area contributed by atoms with Gasteiger partial charge in [-0.3, -0.25) is 0 Å². The van der Waals surface area contributed by atoms with Gasteiger partial charge in [-0.1, -0.05) is 0 Å². The Hall–Kier alpha value is -1.82. The molecule has 0 aliphatic heterocycles. The molecule has 1 atom stereocenters. The predicted octanol–water partition coefficient (Wildman–Crippen LogP) is 3.38. The molecule has 0 saturated heterocycles. The van der Waals surface area contributed by atoms with Crippen LogP contribution in [0.2, 0.25) is 14.8 Å². The number of aromatic nitrogens is 3. The summed E-state index contributed by atoms with van der Waals surface area (Å²) in [5.41, 5.74) is -0.328. The molecule has 1 saturated carbocycles.